The molecule has 9 nitrogen and oxygen atoms in total. The molecule has 0 saturated carbocycles. The molecule has 2 heterocycles. The van der Waals surface area contributed by atoms with Crippen LogP contribution in [0.3, 0.4) is 0 Å². The summed E-state index contributed by atoms with van der Waals surface area (Å²) >= 11 is 0. The summed E-state index contributed by atoms with van der Waals surface area (Å²) in [5.41, 5.74) is 0. The number of hydrogen-bond acceptors (Lipinski definition) is 5. The number of nitrogens with zero attached hydrogens (tertiary/aromatic N) is 1. The van der Waals surface area contributed by atoms with Gasteiger partial charge in [-0.2, -0.15) is 0 Å². The predicted molar refractivity (Wildman–Crippen MR) is 116 cm³/mol. The predicted octanol–water partition coefficient (Wildman–Crippen LogP) is 0.876. The number of carbonyl (C=O) groups is 4. The van der Waals surface area contributed by atoms with E-state index in [-0.39, 0.29) is 29.7 Å². The van der Waals surface area contributed by atoms with Crippen LogP contribution in [-0.4, -0.2) is 71.0 Å². The highest BCUT2D eigenvalue weighted by Gasteiger charge is 2.39. The standard InChI is InChI=1S/C22H38N4O5/c1-5-14(4)18(22(30)31)25-19(27)16(12-13(2)3)24-20(28)17-9-7-11-26(17)21(29)15-8-6-10-23-15/h13-18,23H,5-12H2,1-4H3,(H,24,28)(H,25,27)(H,30,31). The number of nitrogens with one attached hydrogen (secondary N) is 3. The first-order valence-corrected chi connectivity index (χ1v) is 11.5. The Kier molecular flexibility index (Phi) is 9.28. The number of rotatable bonds is 10. The summed E-state index contributed by atoms with van der Waals surface area (Å²) < 4.78 is 0. The Morgan fingerprint density at radius 2 is 1.81 bits per heavy atom. The Morgan fingerprint density at radius 1 is 1.10 bits per heavy atom. The molecule has 2 saturated heterocycles. The number of aliphatic carboxylic acids is 1. The van der Waals surface area contributed by atoms with E-state index in [2.05, 4.69) is 16.0 Å². The lowest BCUT2D eigenvalue weighted by Crippen LogP contribution is -2.57. The van der Waals surface area contributed by atoms with Gasteiger partial charge in [-0.05, 0) is 50.5 Å². The van der Waals surface area contributed by atoms with Crippen molar-refractivity contribution < 1.29 is 24.3 Å². The first kappa shape index (κ1) is 25.1. The molecule has 4 N–H and O–H groups in total. The maximum Gasteiger partial charge on any atom is 0.326 e. The lowest BCUT2D eigenvalue weighted by atomic mass is 9.97. The largest absolute Gasteiger partial charge is 0.480 e. The van der Waals surface area contributed by atoms with E-state index in [0.717, 1.165) is 25.8 Å². The van der Waals surface area contributed by atoms with Crippen molar-refractivity contribution in [1.29, 1.82) is 0 Å². The number of hydrogen-bond donors (Lipinski definition) is 4. The second-order valence-electron chi connectivity index (χ2n) is 9.24. The molecule has 9 heteroatoms. The lowest BCUT2D eigenvalue weighted by molar-refractivity contribution is -0.144. The normalized spacial score (nSPS) is 24.0. The zero-order valence-corrected chi connectivity index (χ0v) is 19.1. The highest BCUT2D eigenvalue weighted by Crippen LogP contribution is 2.21. The summed E-state index contributed by atoms with van der Waals surface area (Å²) in [5.74, 6) is -2.11. The first-order valence-electron chi connectivity index (χ1n) is 11.5. The van der Waals surface area contributed by atoms with Crippen molar-refractivity contribution in [3.63, 3.8) is 0 Å². The molecule has 2 rings (SSSR count). The molecule has 176 valence electrons. The van der Waals surface area contributed by atoms with E-state index in [4.69, 9.17) is 0 Å². The lowest BCUT2D eigenvalue weighted by Gasteiger charge is -2.29. The average Bonchev–Trinajstić information content (AvgIpc) is 3.41. The Morgan fingerprint density at radius 3 is 2.35 bits per heavy atom. The number of likely N-dealkylation sites (tertiary alicyclic amines) is 1. The van der Waals surface area contributed by atoms with Gasteiger partial charge in [0.25, 0.3) is 0 Å². The van der Waals surface area contributed by atoms with Crippen molar-refractivity contribution in [3.05, 3.63) is 0 Å². The smallest absolute Gasteiger partial charge is 0.326 e. The molecule has 0 aromatic rings. The third-order valence-corrected chi connectivity index (χ3v) is 6.31. The van der Waals surface area contributed by atoms with Crippen LogP contribution in [0.4, 0.5) is 0 Å². The van der Waals surface area contributed by atoms with Gasteiger partial charge in [0.1, 0.15) is 18.1 Å². The van der Waals surface area contributed by atoms with Crippen molar-refractivity contribution in [1.82, 2.24) is 20.9 Å². The Labute approximate surface area is 184 Å². The highest BCUT2D eigenvalue weighted by atomic mass is 16.4. The quantitative estimate of drug-likeness (QED) is 0.401. The van der Waals surface area contributed by atoms with Gasteiger partial charge < -0.3 is 26.0 Å². The summed E-state index contributed by atoms with van der Waals surface area (Å²) in [6.07, 6.45) is 4.01. The topological polar surface area (TPSA) is 128 Å². The Balaban J connectivity index is 2.08. The van der Waals surface area contributed by atoms with Crippen LogP contribution in [-0.2, 0) is 19.2 Å². The van der Waals surface area contributed by atoms with Gasteiger partial charge in [0.15, 0.2) is 0 Å². The average molecular weight is 439 g/mol. The van der Waals surface area contributed by atoms with Crippen LogP contribution in [0.1, 0.15) is 66.2 Å². The van der Waals surface area contributed by atoms with Gasteiger partial charge in [-0.15, -0.1) is 0 Å². The van der Waals surface area contributed by atoms with E-state index in [9.17, 15) is 24.3 Å². The molecular weight excluding hydrogens is 400 g/mol. The fraction of sp³-hybridized carbons (Fsp3) is 0.818. The van der Waals surface area contributed by atoms with Crippen LogP contribution in [0, 0.1) is 11.8 Å². The van der Waals surface area contributed by atoms with Crippen LogP contribution in [0.2, 0.25) is 0 Å². The minimum atomic E-state index is -1.09. The van der Waals surface area contributed by atoms with Gasteiger partial charge in [0, 0.05) is 6.54 Å². The zero-order valence-electron chi connectivity index (χ0n) is 19.1. The van der Waals surface area contributed by atoms with Crippen LogP contribution >= 0.6 is 0 Å². The minimum absolute atomic E-state index is 0.0530. The SMILES string of the molecule is CCC(C)C(NC(=O)C(CC(C)C)NC(=O)C1CCCN1C(=O)C1CCCN1)C(=O)O. The third-order valence-electron chi connectivity index (χ3n) is 6.31. The maximum atomic E-state index is 13.1. The van der Waals surface area contributed by atoms with Crippen molar-refractivity contribution in [2.24, 2.45) is 11.8 Å². The summed E-state index contributed by atoms with van der Waals surface area (Å²) in [5, 5.41) is 18.1. The molecule has 5 atom stereocenters. The van der Waals surface area contributed by atoms with Crippen molar-refractivity contribution in [2.75, 3.05) is 13.1 Å². The van der Waals surface area contributed by atoms with Crippen LogP contribution in [0.5, 0.6) is 0 Å². The molecule has 3 amide bonds. The van der Waals surface area contributed by atoms with Crippen molar-refractivity contribution in [3.8, 4) is 0 Å². The number of carbonyl (C=O) groups excluding carboxylic acids is 3. The molecular formula is C22H38N4O5. The van der Waals surface area contributed by atoms with Gasteiger partial charge in [-0.1, -0.05) is 34.1 Å². The molecule has 2 aliphatic heterocycles. The van der Waals surface area contributed by atoms with E-state index in [0.29, 0.717) is 25.8 Å². The highest BCUT2D eigenvalue weighted by molar-refractivity contribution is 5.94. The number of carboxylic acid groups (broad SMARTS) is 1. The van der Waals surface area contributed by atoms with Crippen molar-refractivity contribution in [2.45, 2.75) is 90.4 Å². The number of carboxylic acids is 1. The van der Waals surface area contributed by atoms with Crippen LogP contribution in [0.15, 0.2) is 0 Å². The zero-order chi connectivity index (χ0) is 23.1. The van der Waals surface area contributed by atoms with E-state index in [1.807, 2.05) is 20.8 Å². The first-order chi connectivity index (χ1) is 14.6. The fourth-order valence-corrected chi connectivity index (χ4v) is 4.31. The summed E-state index contributed by atoms with van der Waals surface area (Å²) in [7, 11) is 0. The second-order valence-corrected chi connectivity index (χ2v) is 9.24. The molecule has 31 heavy (non-hydrogen) atoms. The second kappa shape index (κ2) is 11.5. The monoisotopic (exact) mass is 438 g/mol. The van der Waals surface area contributed by atoms with Gasteiger partial charge in [0.05, 0.1) is 6.04 Å². The van der Waals surface area contributed by atoms with Gasteiger partial charge >= 0.3 is 5.97 Å². The molecule has 0 aliphatic carbocycles. The molecule has 5 unspecified atom stereocenters. The molecule has 0 radical (unpaired) electrons. The van der Waals surface area contributed by atoms with Gasteiger partial charge in [0.2, 0.25) is 17.7 Å². The molecule has 0 spiro atoms. The van der Waals surface area contributed by atoms with E-state index in [1.54, 1.807) is 11.8 Å². The van der Waals surface area contributed by atoms with Crippen LogP contribution < -0.4 is 16.0 Å². The van der Waals surface area contributed by atoms with Crippen LogP contribution in [0.25, 0.3) is 0 Å². The minimum Gasteiger partial charge on any atom is -0.480 e. The summed E-state index contributed by atoms with van der Waals surface area (Å²) in [4.78, 5) is 52.0. The third kappa shape index (κ3) is 6.66. The van der Waals surface area contributed by atoms with E-state index in [1.165, 1.54) is 0 Å². The van der Waals surface area contributed by atoms with E-state index >= 15 is 0 Å². The molecule has 0 aromatic carbocycles. The summed E-state index contributed by atoms with van der Waals surface area (Å²) in [6.45, 7) is 8.85. The fourth-order valence-electron chi connectivity index (χ4n) is 4.31. The van der Waals surface area contributed by atoms with Gasteiger partial charge in [-0.25, -0.2) is 4.79 Å². The van der Waals surface area contributed by atoms with Gasteiger partial charge in [-0.3, -0.25) is 14.4 Å². The van der Waals surface area contributed by atoms with E-state index < -0.39 is 30.0 Å². The Hall–Kier alpha value is -2.16. The Bertz CT molecular complexity index is 662. The summed E-state index contributed by atoms with van der Waals surface area (Å²) in [6, 6.07) is -2.69. The molecule has 0 bridgehead atoms. The number of amides is 3. The molecule has 2 fully saturated rings. The molecule has 2 aliphatic rings. The van der Waals surface area contributed by atoms with Crippen molar-refractivity contribution >= 4 is 23.7 Å². The molecule has 0 aromatic heterocycles. The maximum absolute atomic E-state index is 13.1.